The number of amides is 2. The number of benzene rings is 4. The molecule has 2 aromatic heterocycles. The molecular formula is C43H39Cl3N6O4. The first kappa shape index (κ1) is 36.6. The number of aliphatic hydroxyl groups excluding tert-OH is 1. The fraction of sp³-hybridized carbons (Fsp3) is 0.279. The van der Waals surface area contributed by atoms with Crippen LogP contribution in [0.2, 0.25) is 15.1 Å². The van der Waals surface area contributed by atoms with Crippen molar-refractivity contribution in [1.82, 2.24) is 19.4 Å². The Morgan fingerprint density at radius 3 is 2.52 bits per heavy atom. The van der Waals surface area contributed by atoms with Gasteiger partial charge in [0.05, 0.1) is 41.7 Å². The molecule has 6 aromatic rings. The number of aliphatic hydroxyl groups is 1. The normalized spacial score (nSPS) is 17.0. The molecular weight excluding hydrogens is 771 g/mol. The molecule has 9 rings (SSSR count). The van der Waals surface area contributed by atoms with Crippen LogP contribution in [-0.2, 0) is 4.79 Å². The van der Waals surface area contributed by atoms with Gasteiger partial charge in [-0.2, -0.15) is 0 Å². The summed E-state index contributed by atoms with van der Waals surface area (Å²) in [5.41, 5.74) is 7.20. The number of nitrogens with zero attached hydrogens (tertiary/aromatic N) is 4. The molecule has 56 heavy (non-hydrogen) atoms. The number of ether oxygens (including phenoxy) is 1. The van der Waals surface area contributed by atoms with Gasteiger partial charge in [-0.1, -0.05) is 71.2 Å². The summed E-state index contributed by atoms with van der Waals surface area (Å²) in [6.45, 7) is 2.24. The maximum Gasteiger partial charge on any atom is 0.272 e. The van der Waals surface area contributed by atoms with Gasteiger partial charge in [-0.15, -0.1) is 0 Å². The lowest BCUT2D eigenvalue weighted by Gasteiger charge is -2.41. The van der Waals surface area contributed by atoms with Crippen LogP contribution in [0.15, 0.2) is 85.2 Å². The summed E-state index contributed by atoms with van der Waals surface area (Å²) >= 11 is 20.1. The van der Waals surface area contributed by atoms with Gasteiger partial charge in [-0.25, -0.2) is 4.98 Å². The third-order valence-corrected chi connectivity index (χ3v) is 12.0. The van der Waals surface area contributed by atoms with Gasteiger partial charge < -0.3 is 34.5 Å². The second-order valence-corrected chi connectivity index (χ2v) is 15.8. The fourth-order valence-electron chi connectivity index (χ4n) is 8.71. The van der Waals surface area contributed by atoms with Crippen molar-refractivity contribution >= 4 is 68.9 Å². The van der Waals surface area contributed by atoms with Crippen LogP contribution in [0, 0.1) is 0 Å². The van der Waals surface area contributed by atoms with Crippen molar-refractivity contribution in [3.8, 4) is 28.3 Å². The van der Waals surface area contributed by atoms with E-state index in [1.54, 1.807) is 18.5 Å². The van der Waals surface area contributed by atoms with E-state index < -0.39 is 6.04 Å². The summed E-state index contributed by atoms with van der Waals surface area (Å²) in [6, 6.07) is 24.5. The fourth-order valence-corrected chi connectivity index (χ4v) is 9.45. The third-order valence-electron chi connectivity index (χ3n) is 11.2. The van der Waals surface area contributed by atoms with E-state index in [4.69, 9.17) is 44.5 Å². The Morgan fingerprint density at radius 2 is 1.75 bits per heavy atom. The highest BCUT2D eigenvalue weighted by atomic mass is 35.5. The topological polar surface area (TPSA) is 116 Å². The third kappa shape index (κ3) is 6.58. The van der Waals surface area contributed by atoms with Gasteiger partial charge in [0.1, 0.15) is 18.1 Å². The molecule has 0 spiro atoms. The average molecular weight is 810 g/mol. The number of aromatic nitrogens is 3. The molecule has 4 aromatic carbocycles. The van der Waals surface area contributed by atoms with Crippen molar-refractivity contribution in [1.29, 1.82) is 0 Å². The van der Waals surface area contributed by atoms with E-state index in [1.165, 1.54) is 0 Å². The number of hydrogen-bond acceptors (Lipinski definition) is 6. The molecule has 13 heteroatoms. The van der Waals surface area contributed by atoms with Gasteiger partial charge in [0, 0.05) is 75.3 Å². The van der Waals surface area contributed by atoms with Gasteiger partial charge in [0.25, 0.3) is 5.91 Å². The summed E-state index contributed by atoms with van der Waals surface area (Å²) in [5.74, 6) is 0.410. The maximum absolute atomic E-state index is 14.9. The first-order valence-corrected chi connectivity index (χ1v) is 20.1. The number of hydrogen-bond donors (Lipinski definition) is 3. The van der Waals surface area contributed by atoms with E-state index in [-0.39, 0.29) is 31.1 Å². The number of rotatable bonds is 9. The Labute approximate surface area is 338 Å². The molecule has 2 saturated heterocycles. The van der Waals surface area contributed by atoms with E-state index >= 15 is 0 Å². The Kier molecular flexibility index (Phi) is 9.91. The summed E-state index contributed by atoms with van der Waals surface area (Å²) in [7, 11) is 0. The van der Waals surface area contributed by atoms with Crippen LogP contribution < -0.4 is 15.0 Å². The number of fused-ring (bicyclic) bond motifs is 2. The van der Waals surface area contributed by atoms with E-state index in [0.29, 0.717) is 55.4 Å². The maximum atomic E-state index is 14.9. The molecule has 2 amide bonds. The second-order valence-electron chi connectivity index (χ2n) is 14.5. The molecule has 286 valence electrons. The monoisotopic (exact) mass is 808 g/mol. The summed E-state index contributed by atoms with van der Waals surface area (Å²) in [6.07, 6.45) is 6.09. The minimum absolute atomic E-state index is 0.114. The zero-order valence-corrected chi connectivity index (χ0v) is 32.7. The first-order chi connectivity index (χ1) is 27.3. The number of piperidine rings is 2. The molecule has 3 aliphatic heterocycles. The molecule has 0 saturated carbocycles. The number of nitrogens with one attached hydrogen (secondary N) is 2. The van der Waals surface area contributed by atoms with Crippen LogP contribution >= 0.6 is 34.8 Å². The van der Waals surface area contributed by atoms with Gasteiger partial charge in [0.2, 0.25) is 5.91 Å². The quantitative estimate of drug-likeness (QED) is 0.134. The number of anilines is 2. The van der Waals surface area contributed by atoms with E-state index in [2.05, 4.69) is 24.7 Å². The minimum Gasteiger partial charge on any atom is -0.491 e. The van der Waals surface area contributed by atoms with Crippen LogP contribution in [0.3, 0.4) is 0 Å². The zero-order valence-electron chi connectivity index (χ0n) is 30.4. The van der Waals surface area contributed by atoms with Crippen LogP contribution in [-0.4, -0.2) is 75.2 Å². The Hall–Kier alpha value is -5.00. The summed E-state index contributed by atoms with van der Waals surface area (Å²) < 4.78 is 7.88. The number of halogens is 3. The van der Waals surface area contributed by atoms with Gasteiger partial charge in [0.15, 0.2) is 0 Å². The van der Waals surface area contributed by atoms with Crippen molar-refractivity contribution in [3.63, 3.8) is 0 Å². The van der Waals surface area contributed by atoms with Crippen molar-refractivity contribution in [2.75, 3.05) is 43.1 Å². The van der Waals surface area contributed by atoms with E-state index in [1.807, 2.05) is 66.7 Å². The lowest BCUT2D eigenvalue weighted by Crippen LogP contribution is -2.49. The minimum atomic E-state index is -0.421. The van der Waals surface area contributed by atoms with Gasteiger partial charge >= 0.3 is 0 Å². The predicted molar refractivity (Wildman–Crippen MR) is 221 cm³/mol. The molecule has 5 heterocycles. The number of imidazole rings is 1. The number of carbonyl (C=O) groups is 2. The van der Waals surface area contributed by atoms with E-state index in [0.717, 1.165) is 78.8 Å². The molecule has 10 nitrogen and oxygen atoms in total. The Bertz CT molecular complexity index is 2480. The highest BCUT2D eigenvalue weighted by molar-refractivity contribution is 6.35. The first-order valence-electron chi connectivity index (χ1n) is 18.9. The second kappa shape index (κ2) is 15.2. The predicted octanol–water partition coefficient (Wildman–Crippen LogP) is 9.21. The SMILES string of the molecule is O=C(Nc1cc(OCCO)ccc1N1CCC(N2CCCCC2=O)CC1)c1[nH]c2cc(Cl)cc3c2c1-c1c(-c2ccccc2)ncn1[C@@H]3c1ccc(Cl)cc1Cl. The standard InChI is InChI=1S/C43H39Cl3N6O4/c44-26-9-11-30(32(46)21-26)41-31-20-27(45)22-34-37(31)38(42-39(47-24-52(41)42)25-6-2-1-3-7-25)40(48-34)43(55)49-33-23-29(56-19-18-53)10-12-35(33)50-16-13-28(14-17-50)51-15-5-4-8-36(51)54/h1-3,6-7,9-12,20-24,28,41,48,53H,4-5,8,13-19H2,(H,49,55)/t41-/m1/s1. The molecule has 2 fully saturated rings. The van der Waals surface area contributed by atoms with Crippen molar-refractivity contribution < 1.29 is 19.4 Å². The zero-order chi connectivity index (χ0) is 38.5. The van der Waals surface area contributed by atoms with Crippen molar-refractivity contribution in [2.24, 2.45) is 0 Å². The number of H-pyrrole nitrogens is 1. The lowest BCUT2D eigenvalue weighted by molar-refractivity contribution is -0.136. The van der Waals surface area contributed by atoms with Crippen molar-refractivity contribution in [3.05, 3.63) is 117 Å². The van der Waals surface area contributed by atoms with Crippen LogP contribution in [0.5, 0.6) is 5.75 Å². The molecule has 0 radical (unpaired) electrons. The van der Waals surface area contributed by atoms with Gasteiger partial charge in [-0.3, -0.25) is 9.59 Å². The lowest BCUT2D eigenvalue weighted by atomic mass is 9.87. The average Bonchev–Trinajstić information content (AvgIpc) is 3.81. The van der Waals surface area contributed by atoms with Crippen LogP contribution in [0.25, 0.3) is 33.4 Å². The van der Waals surface area contributed by atoms with Crippen LogP contribution in [0.1, 0.15) is 59.8 Å². The van der Waals surface area contributed by atoms with E-state index in [9.17, 15) is 14.7 Å². The smallest absolute Gasteiger partial charge is 0.272 e. The molecule has 1 atom stereocenters. The molecule has 3 N–H and O–H groups in total. The summed E-state index contributed by atoms with van der Waals surface area (Å²) in [5, 5.41) is 15.1. The Morgan fingerprint density at radius 1 is 0.929 bits per heavy atom. The van der Waals surface area contributed by atoms with Crippen LogP contribution in [0.4, 0.5) is 11.4 Å². The number of aromatic amines is 1. The molecule has 0 unspecified atom stereocenters. The van der Waals surface area contributed by atoms with Gasteiger partial charge in [-0.05, 0) is 73.2 Å². The molecule has 0 bridgehead atoms. The number of carbonyl (C=O) groups excluding carboxylic acids is 2. The van der Waals surface area contributed by atoms with Crippen molar-refractivity contribution in [2.45, 2.75) is 44.2 Å². The largest absolute Gasteiger partial charge is 0.491 e. The summed E-state index contributed by atoms with van der Waals surface area (Å²) in [4.78, 5) is 40.3. The highest BCUT2D eigenvalue weighted by Crippen LogP contribution is 2.51. The highest BCUT2D eigenvalue weighted by Gasteiger charge is 2.37. The number of likely N-dealkylation sites (tertiary alicyclic amines) is 1. The molecule has 3 aliphatic rings. The Balaban J connectivity index is 1.14. The molecule has 0 aliphatic carbocycles.